The van der Waals surface area contributed by atoms with Gasteiger partial charge in [-0.3, -0.25) is 9.97 Å². The van der Waals surface area contributed by atoms with Crippen LogP contribution >= 0.6 is 0 Å². The Labute approximate surface area is 265 Å². The maximum Gasteiger partial charge on any atom is 0.410 e. The predicted octanol–water partition coefficient (Wildman–Crippen LogP) is 7.66. The highest BCUT2D eigenvalue weighted by Gasteiger charge is 2.27. The summed E-state index contributed by atoms with van der Waals surface area (Å²) in [6.07, 6.45) is 14.7. The first-order chi connectivity index (χ1) is 21.7. The van der Waals surface area contributed by atoms with E-state index in [0.717, 1.165) is 51.8 Å². The third-order valence-electron chi connectivity index (χ3n) is 7.35. The lowest BCUT2D eigenvalue weighted by atomic mass is 10.0. The van der Waals surface area contributed by atoms with Crippen molar-refractivity contribution in [2.45, 2.75) is 58.7 Å². The number of rotatable bonds is 9. The van der Waals surface area contributed by atoms with Crippen molar-refractivity contribution in [3.05, 3.63) is 103 Å². The summed E-state index contributed by atoms with van der Waals surface area (Å²) < 4.78 is 5.54. The molecule has 1 fully saturated rings. The summed E-state index contributed by atoms with van der Waals surface area (Å²) in [7, 11) is 0. The zero-order valence-electron chi connectivity index (χ0n) is 26.5. The molecule has 4 heterocycles. The van der Waals surface area contributed by atoms with Crippen LogP contribution in [0.2, 0.25) is 0 Å². The van der Waals surface area contributed by atoms with Gasteiger partial charge < -0.3 is 20.3 Å². The molecule has 1 aliphatic rings. The molecule has 45 heavy (non-hydrogen) atoms. The van der Waals surface area contributed by atoms with Crippen LogP contribution in [-0.4, -0.2) is 55.7 Å². The van der Waals surface area contributed by atoms with Gasteiger partial charge in [0.15, 0.2) is 5.82 Å². The first-order valence-electron chi connectivity index (χ1n) is 15.3. The zero-order chi connectivity index (χ0) is 31.8. The largest absolute Gasteiger partial charge is 0.444 e. The second-order valence-electron chi connectivity index (χ2n) is 12.0. The van der Waals surface area contributed by atoms with Crippen LogP contribution in [0.1, 0.15) is 51.8 Å². The summed E-state index contributed by atoms with van der Waals surface area (Å²) in [5.74, 6) is 1.26. The van der Waals surface area contributed by atoms with Gasteiger partial charge >= 0.3 is 6.09 Å². The average molecular weight is 604 g/mol. The Morgan fingerprint density at radius 3 is 2.64 bits per heavy atom. The lowest BCUT2D eigenvalue weighted by molar-refractivity contribution is 0.0210. The Bertz CT molecular complexity index is 1700. The van der Waals surface area contributed by atoms with Crippen molar-refractivity contribution in [3.8, 4) is 11.4 Å². The molecule has 2 N–H and O–H groups in total. The Kier molecular flexibility index (Phi) is 9.87. The van der Waals surface area contributed by atoms with Gasteiger partial charge in [0.1, 0.15) is 11.4 Å². The van der Waals surface area contributed by atoms with E-state index < -0.39 is 5.60 Å². The number of likely N-dealkylation sites (tertiary alicyclic amines) is 1. The summed E-state index contributed by atoms with van der Waals surface area (Å²) in [6.45, 7) is 13.7. The molecule has 3 aromatic heterocycles. The number of aromatic nitrogens is 4. The molecule has 4 aromatic rings. The minimum absolute atomic E-state index is 0.207. The second-order valence-corrected chi connectivity index (χ2v) is 12.0. The van der Waals surface area contributed by atoms with Gasteiger partial charge in [0.2, 0.25) is 0 Å². The monoisotopic (exact) mass is 603 g/mol. The number of piperidine rings is 1. The number of hydrogen-bond acceptors (Lipinski definition) is 8. The van der Waals surface area contributed by atoms with Gasteiger partial charge in [-0.25, -0.2) is 14.8 Å². The van der Waals surface area contributed by atoms with E-state index in [0.29, 0.717) is 31.3 Å². The van der Waals surface area contributed by atoms with Crippen molar-refractivity contribution in [3.63, 3.8) is 0 Å². The highest BCUT2D eigenvalue weighted by molar-refractivity contribution is 6.01. The Balaban J connectivity index is 1.40. The van der Waals surface area contributed by atoms with Crippen LogP contribution < -0.4 is 10.6 Å². The van der Waals surface area contributed by atoms with E-state index in [2.05, 4.69) is 27.2 Å². The number of amides is 1. The minimum Gasteiger partial charge on any atom is -0.444 e. The SMILES string of the molecule is C=C(/C=C\C=C/C)c1cccc2nc(-c3cncc(NC4CCN(C(=O)OC(C)(C)C)CC4)c3)nc(NCc3ccccn3)c12. The number of carbonyl (C=O) groups is 1. The molecular formula is C36H41N7O2. The molecular weight excluding hydrogens is 562 g/mol. The van der Waals surface area contributed by atoms with Crippen LogP contribution in [0, 0.1) is 0 Å². The molecule has 0 bridgehead atoms. The number of allylic oxidation sites excluding steroid dienone is 5. The van der Waals surface area contributed by atoms with Crippen LogP contribution in [-0.2, 0) is 11.3 Å². The molecule has 0 atom stereocenters. The average Bonchev–Trinajstić information content (AvgIpc) is 3.03. The highest BCUT2D eigenvalue weighted by Crippen LogP contribution is 2.32. The first kappa shape index (κ1) is 31.4. The van der Waals surface area contributed by atoms with Gasteiger partial charge in [-0.05, 0) is 75.9 Å². The van der Waals surface area contributed by atoms with Crippen LogP contribution in [0.5, 0.6) is 0 Å². The Morgan fingerprint density at radius 1 is 1.09 bits per heavy atom. The molecule has 5 rings (SSSR count). The number of fused-ring (bicyclic) bond motifs is 1. The smallest absolute Gasteiger partial charge is 0.410 e. The number of nitrogens with one attached hydrogen (secondary N) is 2. The Morgan fingerprint density at radius 2 is 1.91 bits per heavy atom. The van der Waals surface area contributed by atoms with E-state index in [1.165, 1.54) is 0 Å². The maximum absolute atomic E-state index is 12.5. The van der Waals surface area contributed by atoms with E-state index in [-0.39, 0.29) is 12.1 Å². The number of carbonyl (C=O) groups excluding carboxylic acids is 1. The third kappa shape index (κ3) is 8.32. The molecule has 9 heteroatoms. The fourth-order valence-corrected chi connectivity index (χ4v) is 5.17. The number of ether oxygens (including phenoxy) is 1. The van der Waals surface area contributed by atoms with Crippen LogP contribution in [0.25, 0.3) is 27.9 Å². The highest BCUT2D eigenvalue weighted by atomic mass is 16.6. The number of hydrogen-bond donors (Lipinski definition) is 2. The number of benzene rings is 1. The molecule has 0 saturated carbocycles. The molecule has 0 aliphatic carbocycles. The van der Waals surface area contributed by atoms with E-state index in [4.69, 9.17) is 14.7 Å². The van der Waals surface area contributed by atoms with E-state index in [1.807, 2.05) is 101 Å². The van der Waals surface area contributed by atoms with Gasteiger partial charge in [-0.15, -0.1) is 0 Å². The molecule has 1 aliphatic heterocycles. The molecule has 0 spiro atoms. The quantitative estimate of drug-likeness (QED) is 0.188. The van der Waals surface area contributed by atoms with Gasteiger partial charge in [0.25, 0.3) is 0 Å². The maximum atomic E-state index is 12.5. The molecule has 0 unspecified atom stereocenters. The molecule has 9 nitrogen and oxygen atoms in total. The molecule has 1 amide bonds. The number of nitrogens with zero attached hydrogens (tertiary/aromatic N) is 5. The van der Waals surface area contributed by atoms with Crippen molar-refractivity contribution in [1.82, 2.24) is 24.8 Å². The summed E-state index contributed by atoms with van der Waals surface area (Å²) in [5, 5.41) is 8.01. The van der Waals surface area contributed by atoms with E-state index in [1.54, 1.807) is 17.3 Å². The van der Waals surface area contributed by atoms with Crippen LogP contribution in [0.4, 0.5) is 16.3 Å². The standard InChI is InChI=1S/C36H41N7O2/c1-6-7-8-12-25(2)30-14-11-15-31-32(30)34(39-24-28-13-9-10-18-38-28)42-33(41-31)26-21-29(23-37-22-26)40-27-16-19-43(20-17-27)35(44)45-36(3,4)5/h6-15,18,21-23,27,40H,2,16-17,19-20,24H2,1,3-5H3,(H,39,41,42)/b7-6-,12-8-. The summed E-state index contributed by atoms with van der Waals surface area (Å²) in [6, 6.07) is 14.1. The lowest BCUT2D eigenvalue weighted by Crippen LogP contribution is -2.44. The molecule has 0 radical (unpaired) electrons. The topological polar surface area (TPSA) is 105 Å². The first-order valence-corrected chi connectivity index (χ1v) is 15.3. The number of pyridine rings is 2. The van der Waals surface area contributed by atoms with Gasteiger partial charge in [-0.2, -0.15) is 0 Å². The van der Waals surface area contributed by atoms with Gasteiger partial charge in [0, 0.05) is 43.3 Å². The molecule has 1 aromatic carbocycles. The van der Waals surface area contributed by atoms with Crippen molar-refractivity contribution < 1.29 is 9.53 Å². The van der Waals surface area contributed by atoms with Crippen molar-refractivity contribution >= 4 is 34.1 Å². The second kappa shape index (κ2) is 14.2. The summed E-state index contributed by atoms with van der Waals surface area (Å²) >= 11 is 0. The molecule has 1 saturated heterocycles. The molecule has 232 valence electrons. The third-order valence-corrected chi connectivity index (χ3v) is 7.35. The summed E-state index contributed by atoms with van der Waals surface area (Å²) in [5.41, 5.74) is 4.69. The van der Waals surface area contributed by atoms with Crippen molar-refractivity contribution in [2.24, 2.45) is 0 Å². The van der Waals surface area contributed by atoms with E-state index >= 15 is 0 Å². The normalized spacial score (nSPS) is 14.3. The zero-order valence-corrected chi connectivity index (χ0v) is 26.5. The van der Waals surface area contributed by atoms with E-state index in [9.17, 15) is 4.79 Å². The van der Waals surface area contributed by atoms with Gasteiger partial charge in [-0.1, -0.05) is 49.1 Å². The van der Waals surface area contributed by atoms with Crippen molar-refractivity contribution in [1.29, 1.82) is 0 Å². The van der Waals surface area contributed by atoms with Crippen LogP contribution in [0.3, 0.4) is 0 Å². The number of anilines is 2. The fraction of sp³-hybridized carbons (Fsp3) is 0.306. The minimum atomic E-state index is -0.504. The van der Waals surface area contributed by atoms with Crippen LogP contribution in [0.15, 0.2) is 91.9 Å². The fourth-order valence-electron chi connectivity index (χ4n) is 5.17. The van der Waals surface area contributed by atoms with Crippen molar-refractivity contribution in [2.75, 3.05) is 23.7 Å². The summed E-state index contributed by atoms with van der Waals surface area (Å²) in [4.78, 5) is 33.2. The lowest BCUT2D eigenvalue weighted by Gasteiger charge is -2.34. The van der Waals surface area contributed by atoms with Gasteiger partial charge in [0.05, 0.1) is 28.8 Å². The Hall–Kier alpha value is -5.05. The predicted molar refractivity (Wildman–Crippen MR) is 182 cm³/mol.